The highest BCUT2D eigenvalue weighted by atomic mass is 35.5. The molecule has 0 fully saturated rings. The SMILES string of the molecule is CC(C)(C)c1nc(Cl)cc(Nc2ccc(F)cc2[N+](=O)[O-])n1. The van der Waals surface area contributed by atoms with Crippen molar-refractivity contribution in [1.29, 1.82) is 0 Å². The van der Waals surface area contributed by atoms with E-state index in [0.29, 0.717) is 11.6 Å². The predicted molar refractivity (Wildman–Crippen MR) is 82.1 cm³/mol. The highest BCUT2D eigenvalue weighted by molar-refractivity contribution is 6.29. The summed E-state index contributed by atoms with van der Waals surface area (Å²) in [5.41, 5.74) is -0.594. The quantitative estimate of drug-likeness (QED) is 0.519. The van der Waals surface area contributed by atoms with Crippen LogP contribution in [0, 0.1) is 15.9 Å². The van der Waals surface area contributed by atoms with Gasteiger partial charge in [-0.05, 0) is 12.1 Å². The van der Waals surface area contributed by atoms with Crippen molar-refractivity contribution in [2.24, 2.45) is 0 Å². The lowest BCUT2D eigenvalue weighted by Gasteiger charge is -2.17. The average Bonchev–Trinajstić information content (AvgIpc) is 2.39. The summed E-state index contributed by atoms with van der Waals surface area (Å²) in [6, 6.07) is 4.70. The number of hydrogen-bond acceptors (Lipinski definition) is 5. The first-order chi connectivity index (χ1) is 10.2. The molecule has 0 aliphatic heterocycles. The fourth-order valence-electron chi connectivity index (χ4n) is 1.72. The molecule has 8 heteroatoms. The van der Waals surface area contributed by atoms with Crippen molar-refractivity contribution < 1.29 is 9.31 Å². The Bertz CT molecular complexity index is 731. The van der Waals surface area contributed by atoms with Gasteiger partial charge in [0, 0.05) is 11.5 Å². The van der Waals surface area contributed by atoms with Crippen LogP contribution >= 0.6 is 11.6 Å². The van der Waals surface area contributed by atoms with E-state index in [-0.39, 0.29) is 21.9 Å². The summed E-state index contributed by atoms with van der Waals surface area (Å²) in [5, 5.41) is 14.0. The standard InChI is InChI=1S/C14H14ClFN4O2/c1-14(2,3)13-18-11(15)7-12(19-13)17-9-5-4-8(16)6-10(9)20(21)22/h4-7H,1-3H3,(H,17,18,19). The minimum absolute atomic E-state index is 0.126. The van der Waals surface area contributed by atoms with E-state index in [0.717, 1.165) is 12.1 Å². The van der Waals surface area contributed by atoms with Crippen LogP contribution < -0.4 is 5.32 Å². The van der Waals surface area contributed by atoms with Crippen LogP contribution in [0.5, 0.6) is 0 Å². The van der Waals surface area contributed by atoms with Gasteiger partial charge in [0.05, 0.1) is 11.0 Å². The van der Waals surface area contributed by atoms with E-state index >= 15 is 0 Å². The number of nitrogens with zero attached hydrogens (tertiary/aromatic N) is 3. The van der Waals surface area contributed by atoms with E-state index in [1.54, 1.807) is 0 Å². The summed E-state index contributed by atoms with van der Waals surface area (Å²) in [4.78, 5) is 18.8. The highest BCUT2D eigenvalue weighted by Crippen LogP contribution is 2.29. The summed E-state index contributed by atoms with van der Waals surface area (Å²) in [6.45, 7) is 5.76. The molecule has 0 spiro atoms. The van der Waals surface area contributed by atoms with Crippen molar-refractivity contribution in [1.82, 2.24) is 9.97 Å². The zero-order valence-electron chi connectivity index (χ0n) is 12.2. The van der Waals surface area contributed by atoms with Gasteiger partial charge >= 0.3 is 0 Å². The molecule has 0 amide bonds. The number of benzene rings is 1. The van der Waals surface area contributed by atoms with Crippen molar-refractivity contribution >= 4 is 28.8 Å². The Morgan fingerprint density at radius 2 is 1.95 bits per heavy atom. The van der Waals surface area contributed by atoms with Crippen LogP contribution in [0.1, 0.15) is 26.6 Å². The molecule has 0 aliphatic rings. The molecule has 0 radical (unpaired) electrons. The second kappa shape index (κ2) is 5.84. The number of hydrogen-bond donors (Lipinski definition) is 1. The topological polar surface area (TPSA) is 81.0 Å². The molecule has 0 saturated carbocycles. The third-order valence-corrected chi connectivity index (χ3v) is 2.98. The van der Waals surface area contributed by atoms with E-state index in [9.17, 15) is 14.5 Å². The fraction of sp³-hybridized carbons (Fsp3) is 0.286. The number of nitro groups is 1. The van der Waals surface area contributed by atoms with Gasteiger partial charge in [-0.1, -0.05) is 32.4 Å². The van der Waals surface area contributed by atoms with Crippen LogP contribution in [0.2, 0.25) is 5.15 Å². The molecule has 0 bridgehead atoms. The molecule has 0 unspecified atom stereocenters. The lowest BCUT2D eigenvalue weighted by molar-refractivity contribution is -0.384. The Labute approximate surface area is 131 Å². The third kappa shape index (κ3) is 3.67. The van der Waals surface area contributed by atoms with E-state index in [1.807, 2.05) is 20.8 Å². The Kier molecular flexibility index (Phi) is 4.27. The molecule has 0 atom stereocenters. The molecule has 2 aromatic rings. The van der Waals surface area contributed by atoms with Gasteiger partial charge in [-0.25, -0.2) is 14.4 Å². The molecule has 0 saturated heterocycles. The van der Waals surface area contributed by atoms with Crippen molar-refractivity contribution in [3.63, 3.8) is 0 Å². The minimum Gasteiger partial charge on any atom is -0.334 e. The second-order valence-electron chi connectivity index (χ2n) is 5.69. The molecule has 22 heavy (non-hydrogen) atoms. The first-order valence-electron chi connectivity index (χ1n) is 6.43. The Balaban J connectivity index is 2.44. The third-order valence-electron chi connectivity index (χ3n) is 2.78. The van der Waals surface area contributed by atoms with Crippen LogP contribution in [0.15, 0.2) is 24.3 Å². The lowest BCUT2D eigenvalue weighted by Crippen LogP contribution is -2.17. The Hall–Kier alpha value is -2.28. The maximum Gasteiger partial charge on any atom is 0.295 e. The zero-order valence-corrected chi connectivity index (χ0v) is 13.0. The van der Waals surface area contributed by atoms with Crippen LogP contribution in [-0.4, -0.2) is 14.9 Å². The summed E-state index contributed by atoms with van der Waals surface area (Å²) in [6.07, 6.45) is 0. The van der Waals surface area contributed by atoms with Gasteiger partial charge in [-0.3, -0.25) is 10.1 Å². The van der Waals surface area contributed by atoms with E-state index in [4.69, 9.17) is 11.6 Å². The molecular formula is C14H14ClFN4O2. The molecular weight excluding hydrogens is 311 g/mol. The van der Waals surface area contributed by atoms with E-state index in [1.165, 1.54) is 12.1 Å². The van der Waals surface area contributed by atoms with Gasteiger partial charge in [0.2, 0.25) is 0 Å². The molecule has 116 valence electrons. The number of nitrogens with one attached hydrogen (secondary N) is 1. The smallest absolute Gasteiger partial charge is 0.295 e. The van der Waals surface area contributed by atoms with Gasteiger partial charge < -0.3 is 5.32 Å². The number of aromatic nitrogens is 2. The van der Waals surface area contributed by atoms with Crippen LogP contribution in [0.4, 0.5) is 21.6 Å². The zero-order chi connectivity index (χ0) is 16.5. The van der Waals surface area contributed by atoms with Crippen molar-refractivity contribution in [3.05, 3.63) is 51.2 Å². The summed E-state index contributed by atoms with van der Waals surface area (Å²) < 4.78 is 13.2. The van der Waals surface area contributed by atoms with Gasteiger partial charge in [0.1, 0.15) is 28.3 Å². The first kappa shape index (κ1) is 16.1. The van der Waals surface area contributed by atoms with Gasteiger partial charge in [-0.2, -0.15) is 0 Å². The summed E-state index contributed by atoms with van der Waals surface area (Å²) >= 11 is 5.96. The maximum absolute atomic E-state index is 13.2. The second-order valence-corrected chi connectivity index (χ2v) is 6.08. The summed E-state index contributed by atoms with van der Waals surface area (Å²) in [5.74, 6) is 0.111. The first-order valence-corrected chi connectivity index (χ1v) is 6.80. The lowest BCUT2D eigenvalue weighted by atomic mass is 9.96. The number of anilines is 2. The largest absolute Gasteiger partial charge is 0.334 e. The van der Waals surface area contributed by atoms with E-state index < -0.39 is 10.7 Å². The van der Waals surface area contributed by atoms with Gasteiger partial charge in [0.15, 0.2) is 0 Å². The molecule has 2 rings (SSSR count). The van der Waals surface area contributed by atoms with Gasteiger partial charge in [0.25, 0.3) is 5.69 Å². The van der Waals surface area contributed by atoms with Gasteiger partial charge in [-0.15, -0.1) is 0 Å². The monoisotopic (exact) mass is 324 g/mol. The number of rotatable bonds is 3. The van der Waals surface area contributed by atoms with Crippen molar-refractivity contribution in [3.8, 4) is 0 Å². The highest BCUT2D eigenvalue weighted by Gasteiger charge is 2.20. The van der Waals surface area contributed by atoms with Crippen molar-refractivity contribution in [2.45, 2.75) is 26.2 Å². The molecule has 1 heterocycles. The van der Waals surface area contributed by atoms with Crippen LogP contribution in [0.3, 0.4) is 0 Å². The average molecular weight is 325 g/mol. The predicted octanol–water partition coefficient (Wildman–Crippen LogP) is 4.22. The summed E-state index contributed by atoms with van der Waals surface area (Å²) in [7, 11) is 0. The molecule has 0 aliphatic carbocycles. The molecule has 1 N–H and O–H groups in total. The molecule has 1 aromatic heterocycles. The Morgan fingerprint density at radius 1 is 1.27 bits per heavy atom. The molecule has 1 aromatic carbocycles. The maximum atomic E-state index is 13.2. The Morgan fingerprint density at radius 3 is 2.55 bits per heavy atom. The van der Waals surface area contributed by atoms with Crippen LogP contribution in [-0.2, 0) is 5.41 Å². The van der Waals surface area contributed by atoms with Crippen LogP contribution in [0.25, 0.3) is 0 Å². The van der Waals surface area contributed by atoms with Crippen molar-refractivity contribution in [2.75, 3.05) is 5.32 Å². The van der Waals surface area contributed by atoms with E-state index in [2.05, 4.69) is 15.3 Å². The molecule has 6 nitrogen and oxygen atoms in total. The number of halogens is 2. The normalized spacial score (nSPS) is 11.3. The fourth-order valence-corrected chi connectivity index (χ4v) is 1.90. The number of nitro benzene ring substituents is 1. The minimum atomic E-state index is -0.687.